The number of hydrogen-bond donors (Lipinski definition) is 1. The summed E-state index contributed by atoms with van der Waals surface area (Å²) in [6.45, 7) is 4.31. The van der Waals surface area contributed by atoms with Gasteiger partial charge in [0.1, 0.15) is 11.4 Å². The second kappa shape index (κ2) is 7.86. The van der Waals surface area contributed by atoms with Crippen molar-refractivity contribution < 1.29 is 19.0 Å². The number of aromatic nitrogens is 1. The van der Waals surface area contributed by atoms with Crippen LogP contribution in [-0.2, 0) is 10.3 Å². The van der Waals surface area contributed by atoms with Crippen LogP contribution in [0.2, 0.25) is 0 Å². The van der Waals surface area contributed by atoms with E-state index in [1.165, 1.54) is 6.20 Å². The highest BCUT2D eigenvalue weighted by Gasteiger charge is 2.33. The van der Waals surface area contributed by atoms with E-state index in [9.17, 15) is 10.0 Å². The Balaban J connectivity index is 1.46. The van der Waals surface area contributed by atoms with Gasteiger partial charge in [-0.25, -0.2) is 4.79 Å². The highest BCUT2D eigenvalue weighted by atomic mass is 32.2. The van der Waals surface area contributed by atoms with Crippen LogP contribution in [-0.4, -0.2) is 18.5 Å². The number of thioether (sulfide) groups is 1. The van der Waals surface area contributed by atoms with Crippen LogP contribution in [0.15, 0.2) is 47.6 Å². The Kier molecular flexibility index (Phi) is 5.56. The van der Waals surface area contributed by atoms with Gasteiger partial charge in [0.2, 0.25) is 0 Å². The lowest BCUT2D eigenvalue weighted by molar-refractivity contribution is -0.645. The minimum absolute atomic E-state index is 0.438. The molecule has 138 valence electrons. The Hall–Kier alpha value is -2.41. The second-order valence-corrected chi connectivity index (χ2v) is 7.62. The van der Waals surface area contributed by atoms with Crippen molar-refractivity contribution in [1.82, 2.24) is 0 Å². The molecule has 0 saturated heterocycles. The number of cyclic esters (lactones) is 1. The molecule has 0 unspecified atom stereocenters. The number of amides is 1. The summed E-state index contributed by atoms with van der Waals surface area (Å²) in [4.78, 5) is 11.5. The third-order valence-corrected chi connectivity index (χ3v) is 5.17. The number of rotatable bonds is 7. The van der Waals surface area contributed by atoms with Gasteiger partial charge in [-0.15, -0.1) is 0 Å². The summed E-state index contributed by atoms with van der Waals surface area (Å²) in [5.74, 6) is 1.62. The normalized spacial score (nSPS) is 14.9. The molecule has 1 aliphatic heterocycles. The van der Waals surface area contributed by atoms with Crippen LogP contribution in [0, 0.1) is 5.21 Å². The van der Waals surface area contributed by atoms with E-state index in [2.05, 4.69) is 5.32 Å². The van der Waals surface area contributed by atoms with E-state index in [0.717, 1.165) is 40.3 Å². The lowest BCUT2D eigenvalue weighted by atomic mass is 9.94. The van der Waals surface area contributed by atoms with E-state index < -0.39 is 11.7 Å². The SMILES string of the molecule is CC1(C)OC(=O)Nc2ccc(OCCCCSc3cccc[n+]3[O-])cc21. The molecule has 1 aliphatic rings. The Morgan fingerprint density at radius 2 is 2.12 bits per heavy atom. The Bertz CT molecular complexity index is 795. The van der Waals surface area contributed by atoms with Crippen molar-refractivity contribution in [1.29, 1.82) is 0 Å². The molecule has 0 bridgehead atoms. The number of unbranched alkanes of at least 4 members (excludes halogenated alkanes) is 1. The molecule has 1 amide bonds. The molecule has 1 aromatic heterocycles. The Labute approximate surface area is 157 Å². The Morgan fingerprint density at radius 3 is 2.92 bits per heavy atom. The van der Waals surface area contributed by atoms with E-state index in [0.29, 0.717) is 11.6 Å². The van der Waals surface area contributed by atoms with Gasteiger partial charge >= 0.3 is 6.09 Å². The average molecular weight is 374 g/mol. The number of anilines is 1. The zero-order valence-electron chi connectivity index (χ0n) is 14.9. The Morgan fingerprint density at radius 1 is 1.27 bits per heavy atom. The van der Waals surface area contributed by atoms with Crippen LogP contribution in [0.5, 0.6) is 5.75 Å². The van der Waals surface area contributed by atoms with Gasteiger partial charge in [0.25, 0.3) is 5.03 Å². The predicted molar refractivity (Wildman–Crippen MR) is 100 cm³/mol. The molecule has 2 heterocycles. The van der Waals surface area contributed by atoms with E-state index >= 15 is 0 Å². The summed E-state index contributed by atoms with van der Waals surface area (Å²) < 4.78 is 12.0. The van der Waals surface area contributed by atoms with Crippen molar-refractivity contribution in [3.63, 3.8) is 0 Å². The van der Waals surface area contributed by atoms with Crippen molar-refractivity contribution in [3.8, 4) is 5.75 Å². The zero-order chi connectivity index (χ0) is 18.6. The third-order valence-electron chi connectivity index (χ3n) is 4.07. The van der Waals surface area contributed by atoms with Gasteiger partial charge < -0.3 is 14.7 Å². The summed E-state index contributed by atoms with van der Waals surface area (Å²) in [7, 11) is 0. The summed E-state index contributed by atoms with van der Waals surface area (Å²) in [6.07, 6.45) is 2.92. The van der Waals surface area contributed by atoms with Crippen LogP contribution in [0.25, 0.3) is 0 Å². The first-order valence-electron chi connectivity index (χ1n) is 8.54. The van der Waals surface area contributed by atoms with Gasteiger partial charge in [-0.05, 0) is 51.0 Å². The molecule has 26 heavy (non-hydrogen) atoms. The highest BCUT2D eigenvalue weighted by Crippen LogP contribution is 2.37. The summed E-state index contributed by atoms with van der Waals surface area (Å²) in [6, 6.07) is 11.0. The maximum absolute atomic E-state index is 11.5. The number of hydrogen-bond acceptors (Lipinski definition) is 5. The number of nitrogens with zero attached hydrogens (tertiary/aromatic N) is 1. The molecule has 1 aromatic carbocycles. The predicted octanol–water partition coefficient (Wildman–Crippen LogP) is 4.07. The lowest BCUT2D eigenvalue weighted by Crippen LogP contribution is -2.34. The fourth-order valence-corrected chi connectivity index (χ4v) is 3.66. The molecule has 0 saturated carbocycles. The van der Waals surface area contributed by atoms with Crippen molar-refractivity contribution in [2.24, 2.45) is 0 Å². The maximum Gasteiger partial charge on any atom is 0.412 e. The van der Waals surface area contributed by atoms with Crippen LogP contribution in [0.3, 0.4) is 0 Å². The highest BCUT2D eigenvalue weighted by molar-refractivity contribution is 7.99. The molecular weight excluding hydrogens is 352 g/mol. The molecule has 7 heteroatoms. The van der Waals surface area contributed by atoms with Gasteiger partial charge in [0.15, 0.2) is 6.20 Å². The van der Waals surface area contributed by atoms with Gasteiger partial charge in [-0.3, -0.25) is 5.32 Å². The van der Waals surface area contributed by atoms with Crippen molar-refractivity contribution >= 4 is 23.5 Å². The van der Waals surface area contributed by atoms with E-state index in [-0.39, 0.29) is 0 Å². The zero-order valence-corrected chi connectivity index (χ0v) is 15.7. The van der Waals surface area contributed by atoms with Gasteiger partial charge in [-0.1, -0.05) is 11.8 Å². The fraction of sp³-hybridized carbons (Fsp3) is 0.368. The maximum atomic E-state index is 11.5. The van der Waals surface area contributed by atoms with Crippen LogP contribution >= 0.6 is 11.8 Å². The quantitative estimate of drug-likeness (QED) is 0.342. The molecule has 0 spiro atoms. The molecule has 6 nitrogen and oxygen atoms in total. The van der Waals surface area contributed by atoms with Crippen molar-refractivity contribution in [2.75, 3.05) is 17.7 Å². The smallest absolute Gasteiger partial charge is 0.412 e. The monoisotopic (exact) mass is 374 g/mol. The van der Waals surface area contributed by atoms with Crippen LogP contribution < -0.4 is 14.8 Å². The number of ether oxygens (including phenoxy) is 2. The standard InChI is InChI=1S/C19H22N2O4S/c1-19(2)15-13-14(8-9-16(15)20-18(22)25-19)24-11-5-6-12-26-17-7-3-4-10-21(17)23/h3-4,7-10,13H,5-6,11-12H2,1-2H3,(H,20,22). The first-order valence-corrected chi connectivity index (χ1v) is 9.52. The number of carbonyl (C=O) groups is 1. The van der Waals surface area contributed by atoms with Gasteiger partial charge in [-0.2, -0.15) is 4.73 Å². The molecule has 1 N–H and O–H groups in total. The largest absolute Gasteiger partial charge is 0.618 e. The van der Waals surface area contributed by atoms with Crippen molar-refractivity contribution in [3.05, 3.63) is 53.4 Å². The number of carbonyl (C=O) groups excluding carboxylic acids is 1. The lowest BCUT2D eigenvalue weighted by Gasteiger charge is -2.32. The minimum atomic E-state index is -0.683. The molecule has 0 radical (unpaired) electrons. The van der Waals surface area contributed by atoms with E-state index in [1.807, 2.05) is 44.2 Å². The first kappa shape index (κ1) is 18.4. The van der Waals surface area contributed by atoms with E-state index in [1.54, 1.807) is 17.8 Å². The molecule has 0 fully saturated rings. The topological polar surface area (TPSA) is 74.5 Å². The molecule has 0 aliphatic carbocycles. The number of benzene rings is 1. The van der Waals surface area contributed by atoms with Gasteiger partial charge in [0, 0.05) is 23.4 Å². The molecule has 3 rings (SSSR count). The van der Waals surface area contributed by atoms with Crippen molar-refractivity contribution in [2.45, 2.75) is 37.3 Å². The second-order valence-electron chi connectivity index (χ2n) is 6.50. The minimum Gasteiger partial charge on any atom is -0.618 e. The molecule has 2 aromatic rings. The summed E-state index contributed by atoms with van der Waals surface area (Å²) in [5, 5.41) is 15.0. The molecule has 0 atom stereocenters. The van der Waals surface area contributed by atoms with Gasteiger partial charge in [0.05, 0.1) is 12.3 Å². The summed E-state index contributed by atoms with van der Waals surface area (Å²) >= 11 is 1.55. The number of fused-ring (bicyclic) bond motifs is 1. The fourth-order valence-electron chi connectivity index (χ4n) is 2.74. The molecular formula is C19H22N2O4S. The number of pyridine rings is 1. The van der Waals surface area contributed by atoms with E-state index in [4.69, 9.17) is 9.47 Å². The van der Waals surface area contributed by atoms with Crippen LogP contribution in [0.1, 0.15) is 32.3 Å². The first-order chi connectivity index (χ1) is 12.5. The average Bonchev–Trinajstić information content (AvgIpc) is 2.59. The number of nitrogens with one attached hydrogen (secondary N) is 1. The third kappa shape index (κ3) is 4.40. The summed E-state index contributed by atoms with van der Waals surface area (Å²) in [5.41, 5.74) is 0.967. The van der Waals surface area contributed by atoms with Crippen LogP contribution in [0.4, 0.5) is 10.5 Å².